The Morgan fingerprint density at radius 3 is 2.48 bits per heavy atom. The van der Waals surface area contributed by atoms with E-state index in [4.69, 9.17) is 0 Å². The van der Waals surface area contributed by atoms with Gasteiger partial charge in [-0.2, -0.15) is 0 Å². The highest BCUT2D eigenvalue weighted by Crippen LogP contribution is 2.24. The van der Waals surface area contributed by atoms with Crippen molar-refractivity contribution in [3.63, 3.8) is 0 Å². The van der Waals surface area contributed by atoms with Crippen LogP contribution in [0.4, 0.5) is 11.4 Å². The van der Waals surface area contributed by atoms with E-state index in [1.165, 1.54) is 25.5 Å². The average molecular weight is 366 g/mol. The van der Waals surface area contributed by atoms with Crippen molar-refractivity contribution in [1.29, 1.82) is 0 Å². The van der Waals surface area contributed by atoms with Gasteiger partial charge in [0.2, 0.25) is 11.8 Å². The third kappa shape index (κ3) is 5.29. The predicted molar refractivity (Wildman–Crippen MR) is 107 cm³/mol. The van der Waals surface area contributed by atoms with Crippen LogP contribution in [0.25, 0.3) is 0 Å². The van der Waals surface area contributed by atoms with E-state index in [2.05, 4.69) is 27.3 Å². The molecule has 6 nitrogen and oxygen atoms in total. The molecule has 1 aliphatic heterocycles. The first-order valence-corrected chi connectivity index (χ1v) is 9.43. The molecule has 1 fully saturated rings. The van der Waals surface area contributed by atoms with Crippen molar-refractivity contribution < 1.29 is 9.59 Å². The molecule has 6 heteroatoms. The van der Waals surface area contributed by atoms with Gasteiger partial charge in [0.25, 0.3) is 0 Å². The van der Waals surface area contributed by atoms with Crippen molar-refractivity contribution in [2.24, 2.45) is 0 Å². The number of aromatic nitrogens is 1. The van der Waals surface area contributed by atoms with E-state index < -0.39 is 0 Å². The van der Waals surface area contributed by atoms with Gasteiger partial charge in [0.05, 0.1) is 12.2 Å². The number of benzene rings is 1. The highest BCUT2D eigenvalue weighted by Gasteiger charge is 2.16. The molecule has 2 aromatic rings. The maximum Gasteiger partial charge on any atom is 0.223 e. The summed E-state index contributed by atoms with van der Waals surface area (Å²) in [6.07, 6.45) is 4.41. The number of carbonyl (C=O) groups excluding carboxylic acids is 2. The summed E-state index contributed by atoms with van der Waals surface area (Å²) in [6.45, 7) is 4.45. The molecule has 3 rings (SSSR count). The molecule has 2 amide bonds. The van der Waals surface area contributed by atoms with Gasteiger partial charge in [0.1, 0.15) is 0 Å². The Kier molecular flexibility index (Phi) is 6.41. The molecule has 27 heavy (non-hydrogen) atoms. The van der Waals surface area contributed by atoms with E-state index in [9.17, 15) is 9.59 Å². The van der Waals surface area contributed by atoms with Crippen molar-refractivity contribution in [1.82, 2.24) is 10.3 Å². The van der Waals surface area contributed by atoms with E-state index in [1.54, 1.807) is 11.1 Å². The summed E-state index contributed by atoms with van der Waals surface area (Å²) < 4.78 is 0. The van der Waals surface area contributed by atoms with Crippen molar-refractivity contribution in [2.75, 3.05) is 29.4 Å². The van der Waals surface area contributed by atoms with Gasteiger partial charge in [-0.05, 0) is 49.2 Å². The van der Waals surface area contributed by atoms with Gasteiger partial charge in [0.15, 0.2) is 0 Å². The van der Waals surface area contributed by atoms with Crippen molar-refractivity contribution in [2.45, 2.75) is 32.7 Å². The summed E-state index contributed by atoms with van der Waals surface area (Å²) in [4.78, 5) is 32.4. The highest BCUT2D eigenvalue weighted by molar-refractivity contribution is 5.92. The number of carbonyl (C=O) groups is 2. The normalized spacial score (nSPS) is 13.4. The number of nitrogens with one attached hydrogen (secondary N) is 1. The fourth-order valence-electron chi connectivity index (χ4n) is 3.28. The summed E-state index contributed by atoms with van der Waals surface area (Å²) in [5.74, 6) is -0.165. The molecule has 1 aromatic carbocycles. The largest absolute Gasteiger partial charge is 0.372 e. The number of anilines is 2. The fraction of sp³-hybridized carbons (Fsp3) is 0.381. The van der Waals surface area contributed by atoms with Crippen LogP contribution in [0.2, 0.25) is 0 Å². The van der Waals surface area contributed by atoms with Crippen molar-refractivity contribution in [3.8, 4) is 0 Å². The molecule has 1 aromatic heterocycles. The molecule has 0 spiro atoms. The lowest BCUT2D eigenvalue weighted by Gasteiger charge is -2.23. The standard InChI is InChI=1S/C21H26N4O2/c1-17(26)25(15-11-21(27)23-16-18-6-2-3-12-22-18)20-9-7-19(8-10-20)24-13-4-5-14-24/h2-3,6-10,12H,4-5,11,13-16H2,1H3,(H,23,27). The van der Waals surface area contributed by atoms with Gasteiger partial charge in [-0.15, -0.1) is 0 Å². The SMILES string of the molecule is CC(=O)N(CCC(=O)NCc1ccccn1)c1ccc(N2CCCC2)cc1. The van der Waals surface area contributed by atoms with E-state index >= 15 is 0 Å². The Balaban J connectivity index is 1.54. The van der Waals surface area contributed by atoms with Gasteiger partial charge >= 0.3 is 0 Å². The number of hydrogen-bond donors (Lipinski definition) is 1. The van der Waals surface area contributed by atoms with Crippen LogP contribution in [0, 0.1) is 0 Å². The zero-order valence-corrected chi connectivity index (χ0v) is 15.7. The van der Waals surface area contributed by atoms with Gasteiger partial charge in [-0.3, -0.25) is 14.6 Å². The van der Waals surface area contributed by atoms with Crippen LogP contribution in [-0.4, -0.2) is 36.4 Å². The maximum atomic E-state index is 12.1. The zero-order chi connectivity index (χ0) is 19.1. The highest BCUT2D eigenvalue weighted by atomic mass is 16.2. The molecule has 0 atom stereocenters. The summed E-state index contributed by atoms with van der Waals surface area (Å²) >= 11 is 0. The maximum absolute atomic E-state index is 12.1. The Labute approximate surface area is 160 Å². The minimum absolute atomic E-state index is 0.0681. The lowest BCUT2D eigenvalue weighted by atomic mass is 10.2. The molecule has 1 aliphatic rings. The summed E-state index contributed by atoms with van der Waals surface area (Å²) in [7, 11) is 0. The Morgan fingerprint density at radius 1 is 1.11 bits per heavy atom. The van der Waals surface area contributed by atoms with Gasteiger partial charge < -0.3 is 15.1 Å². The quantitative estimate of drug-likeness (QED) is 0.818. The van der Waals surface area contributed by atoms with E-state index in [-0.39, 0.29) is 18.2 Å². The molecule has 1 saturated heterocycles. The molecule has 0 unspecified atom stereocenters. The number of nitrogens with zero attached hydrogens (tertiary/aromatic N) is 3. The lowest BCUT2D eigenvalue weighted by Crippen LogP contribution is -2.33. The van der Waals surface area contributed by atoms with Gasteiger partial charge in [-0.1, -0.05) is 6.07 Å². The van der Waals surface area contributed by atoms with Crippen LogP contribution >= 0.6 is 0 Å². The number of amides is 2. The van der Waals surface area contributed by atoms with Gasteiger partial charge in [0, 0.05) is 50.6 Å². The van der Waals surface area contributed by atoms with E-state index in [0.717, 1.165) is 24.5 Å². The minimum Gasteiger partial charge on any atom is -0.372 e. The molecular weight excluding hydrogens is 340 g/mol. The van der Waals surface area contributed by atoms with Crippen LogP contribution in [0.1, 0.15) is 31.9 Å². The first kappa shape index (κ1) is 18.9. The topological polar surface area (TPSA) is 65.5 Å². The van der Waals surface area contributed by atoms with E-state index in [1.807, 2.05) is 30.3 Å². The Hall–Kier alpha value is -2.89. The molecule has 142 valence electrons. The molecule has 1 N–H and O–H groups in total. The molecule has 0 aliphatic carbocycles. The van der Waals surface area contributed by atoms with Crippen molar-refractivity contribution in [3.05, 3.63) is 54.4 Å². The minimum atomic E-state index is -0.0967. The van der Waals surface area contributed by atoms with Crippen LogP contribution in [0.15, 0.2) is 48.7 Å². The van der Waals surface area contributed by atoms with E-state index in [0.29, 0.717) is 13.1 Å². The zero-order valence-electron chi connectivity index (χ0n) is 15.7. The first-order valence-electron chi connectivity index (χ1n) is 9.43. The second-order valence-electron chi connectivity index (χ2n) is 6.73. The van der Waals surface area contributed by atoms with Crippen molar-refractivity contribution >= 4 is 23.2 Å². The third-order valence-corrected chi connectivity index (χ3v) is 4.77. The Morgan fingerprint density at radius 2 is 1.85 bits per heavy atom. The average Bonchev–Trinajstić information content (AvgIpc) is 3.22. The smallest absolute Gasteiger partial charge is 0.223 e. The molecule has 0 radical (unpaired) electrons. The second-order valence-corrected chi connectivity index (χ2v) is 6.73. The van der Waals surface area contributed by atoms with Crippen LogP contribution in [0.5, 0.6) is 0 Å². The summed E-state index contributed by atoms with van der Waals surface area (Å²) in [5, 5.41) is 2.84. The second kappa shape index (κ2) is 9.16. The third-order valence-electron chi connectivity index (χ3n) is 4.77. The summed E-state index contributed by atoms with van der Waals surface area (Å²) in [6, 6.07) is 13.6. The fourth-order valence-corrected chi connectivity index (χ4v) is 3.28. The number of hydrogen-bond acceptors (Lipinski definition) is 4. The lowest BCUT2D eigenvalue weighted by molar-refractivity contribution is -0.121. The van der Waals surface area contributed by atoms with Gasteiger partial charge in [-0.25, -0.2) is 0 Å². The molecular formula is C21H26N4O2. The Bertz CT molecular complexity index is 756. The monoisotopic (exact) mass is 366 g/mol. The first-order chi connectivity index (χ1) is 13.1. The summed E-state index contributed by atoms with van der Waals surface area (Å²) in [5.41, 5.74) is 2.82. The molecule has 0 bridgehead atoms. The number of pyridine rings is 1. The number of rotatable bonds is 7. The predicted octanol–water partition coefficient (Wildman–Crippen LogP) is 2.74. The molecule has 2 heterocycles. The van der Waals surface area contributed by atoms with Crippen LogP contribution in [-0.2, 0) is 16.1 Å². The van der Waals surface area contributed by atoms with Crippen LogP contribution < -0.4 is 15.1 Å². The van der Waals surface area contributed by atoms with Crippen LogP contribution in [0.3, 0.4) is 0 Å². The molecule has 0 saturated carbocycles.